The van der Waals surface area contributed by atoms with Crippen LogP contribution in [0.15, 0.2) is 30.3 Å². The minimum Gasteiger partial charge on any atom is -0.496 e. The van der Waals surface area contributed by atoms with Gasteiger partial charge in [0.2, 0.25) is 12.5 Å². The van der Waals surface area contributed by atoms with E-state index in [1.54, 1.807) is 14.2 Å². The maximum Gasteiger partial charge on any atom is 0.231 e. The Hall–Kier alpha value is -2.44. The van der Waals surface area contributed by atoms with Crippen LogP contribution in [0.25, 0.3) is 0 Å². The van der Waals surface area contributed by atoms with Crippen LogP contribution in [0, 0.1) is 0 Å². The minimum absolute atomic E-state index is 0.123. The van der Waals surface area contributed by atoms with E-state index in [0.717, 1.165) is 41.3 Å². The van der Waals surface area contributed by atoms with Gasteiger partial charge in [0, 0.05) is 19.3 Å². The van der Waals surface area contributed by atoms with Gasteiger partial charge in [0.1, 0.15) is 11.8 Å². The number of hydrogen-bond acceptors (Lipinski definition) is 5. The van der Waals surface area contributed by atoms with Crippen molar-refractivity contribution in [2.45, 2.75) is 31.4 Å². The molecule has 0 amide bonds. The van der Waals surface area contributed by atoms with E-state index < -0.39 is 6.10 Å². The number of aliphatic hydroxyl groups is 1. The summed E-state index contributed by atoms with van der Waals surface area (Å²) in [6.07, 6.45) is 1.65. The number of hydrogen-bond donors (Lipinski definition) is 2. The number of fused-ring (bicyclic) bond motifs is 2. The van der Waals surface area contributed by atoms with Crippen molar-refractivity contribution in [3.63, 3.8) is 0 Å². The summed E-state index contributed by atoms with van der Waals surface area (Å²) in [6, 6.07) is 10.1. The molecular weight excluding hydrogens is 358 g/mol. The number of rotatable bonds is 6. The standard InChI is InChI=1S/C22H27NO5/c1-23-9-8-15-11-19-21(28-13-27-19)22(26-3)20(15)17(23)12-16(24)10-14-6-4-5-7-18(14)25-2/h4-7,11,16-17,24H,8-10,12-13H2,1-3H3/p+1/t16-,17-/m1/s1. The Kier molecular flexibility index (Phi) is 5.33. The Morgan fingerprint density at radius 1 is 1.21 bits per heavy atom. The molecule has 4 rings (SSSR count). The second-order valence-corrected chi connectivity index (χ2v) is 7.52. The first-order valence-electron chi connectivity index (χ1n) is 9.74. The van der Waals surface area contributed by atoms with Crippen molar-refractivity contribution in [2.24, 2.45) is 0 Å². The van der Waals surface area contributed by atoms with Crippen molar-refractivity contribution in [2.75, 3.05) is 34.6 Å². The molecule has 2 aliphatic rings. The summed E-state index contributed by atoms with van der Waals surface area (Å²) in [5.74, 6) is 2.99. The summed E-state index contributed by atoms with van der Waals surface area (Å²) >= 11 is 0. The van der Waals surface area contributed by atoms with Crippen LogP contribution in [-0.4, -0.2) is 45.8 Å². The average Bonchev–Trinajstić information content (AvgIpc) is 3.17. The Morgan fingerprint density at radius 3 is 2.82 bits per heavy atom. The van der Waals surface area contributed by atoms with Gasteiger partial charge in [-0.05, 0) is 23.3 Å². The normalized spacial score (nSPS) is 21.1. The quantitative estimate of drug-likeness (QED) is 0.789. The van der Waals surface area contributed by atoms with Gasteiger partial charge in [0.15, 0.2) is 11.5 Å². The molecule has 0 saturated heterocycles. The minimum atomic E-state index is -0.489. The van der Waals surface area contributed by atoms with Crippen molar-refractivity contribution in [1.29, 1.82) is 0 Å². The molecule has 2 heterocycles. The van der Waals surface area contributed by atoms with E-state index >= 15 is 0 Å². The number of methoxy groups -OCH3 is 2. The summed E-state index contributed by atoms with van der Waals surface area (Å²) in [5, 5.41) is 10.9. The lowest BCUT2D eigenvalue weighted by atomic mass is 9.87. The van der Waals surface area contributed by atoms with Crippen LogP contribution in [0.3, 0.4) is 0 Å². The molecule has 0 aromatic heterocycles. The number of benzene rings is 2. The molecule has 150 valence electrons. The number of quaternary nitrogens is 1. The van der Waals surface area contributed by atoms with E-state index in [9.17, 15) is 5.11 Å². The summed E-state index contributed by atoms with van der Waals surface area (Å²) < 4.78 is 22.4. The number of para-hydroxylation sites is 1. The van der Waals surface area contributed by atoms with Gasteiger partial charge in [-0.1, -0.05) is 18.2 Å². The Labute approximate surface area is 165 Å². The van der Waals surface area contributed by atoms with Crippen LogP contribution in [0.1, 0.15) is 29.2 Å². The molecule has 0 saturated carbocycles. The maximum atomic E-state index is 10.9. The number of ether oxygens (including phenoxy) is 4. The zero-order valence-electron chi connectivity index (χ0n) is 16.7. The molecule has 3 atom stereocenters. The molecule has 2 aromatic rings. The van der Waals surface area contributed by atoms with Crippen LogP contribution in [-0.2, 0) is 12.8 Å². The van der Waals surface area contributed by atoms with E-state index in [2.05, 4.69) is 13.1 Å². The molecule has 2 N–H and O–H groups in total. The van der Waals surface area contributed by atoms with E-state index in [1.165, 1.54) is 10.5 Å². The monoisotopic (exact) mass is 386 g/mol. The Balaban J connectivity index is 1.62. The van der Waals surface area contributed by atoms with E-state index in [1.807, 2.05) is 24.3 Å². The largest absolute Gasteiger partial charge is 0.496 e. The van der Waals surface area contributed by atoms with E-state index in [4.69, 9.17) is 18.9 Å². The van der Waals surface area contributed by atoms with Crippen LogP contribution >= 0.6 is 0 Å². The molecule has 6 nitrogen and oxygen atoms in total. The highest BCUT2D eigenvalue weighted by molar-refractivity contribution is 5.61. The first-order chi connectivity index (χ1) is 13.6. The SMILES string of the molecule is COc1ccccc1C[C@@H](O)C[C@@H]1c2c(cc3c(c2OC)OCO3)CC[NH+]1C. The first-order valence-corrected chi connectivity index (χ1v) is 9.74. The number of aliphatic hydroxyl groups excluding tert-OH is 1. The van der Waals surface area contributed by atoms with Crippen molar-refractivity contribution in [1.82, 2.24) is 0 Å². The predicted octanol–water partition coefficient (Wildman–Crippen LogP) is 1.54. The van der Waals surface area contributed by atoms with Crippen molar-refractivity contribution < 1.29 is 29.0 Å². The summed E-state index contributed by atoms with van der Waals surface area (Å²) in [4.78, 5) is 1.36. The third kappa shape index (κ3) is 3.38. The van der Waals surface area contributed by atoms with Crippen LogP contribution in [0.2, 0.25) is 0 Å². The molecule has 0 aliphatic carbocycles. The van der Waals surface area contributed by atoms with Gasteiger partial charge in [-0.2, -0.15) is 0 Å². The molecule has 0 radical (unpaired) electrons. The highest BCUT2D eigenvalue weighted by atomic mass is 16.7. The fraction of sp³-hybridized carbons (Fsp3) is 0.455. The molecule has 2 aromatic carbocycles. The zero-order chi connectivity index (χ0) is 19.7. The predicted molar refractivity (Wildman–Crippen MR) is 105 cm³/mol. The Morgan fingerprint density at radius 2 is 2.04 bits per heavy atom. The third-order valence-electron chi connectivity index (χ3n) is 5.84. The van der Waals surface area contributed by atoms with Crippen LogP contribution < -0.4 is 23.8 Å². The summed E-state index contributed by atoms with van der Waals surface area (Å²) in [5.41, 5.74) is 3.37. The summed E-state index contributed by atoms with van der Waals surface area (Å²) in [7, 11) is 5.51. The molecule has 28 heavy (non-hydrogen) atoms. The van der Waals surface area contributed by atoms with Crippen molar-refractivity contribution in [3.05, 3.63) is 47.0 Å². The second kappa shape index (κ2) is 7.89. The molecular formula is C22H28NO5+. The second-order valence-electron chi connectivity index (χ2n) is 7.52. The van der Waals surface area contributed by atoms with Crippen molar-refractivity contribution >= 4 is 0 Å². The van der Waals surface area contributed by atoms with Gasteiger partial charge in [-0.15, -0.1) is 0 Å². The van der Waals surface area contributed by atoms with Crippen LogP contribution in [0.5, 0.6) is 23.0 Å². The van der Waals surface area contributed by atoms with Gasteiger partial charge in [0.05, 0.1) is 39.5 Å². The molecule has 1 unspecified atom stereocenters. The highest BCUT2D eigenvalue weighted by Gasteiger charge is 2.37. The van der Waals surface area contributed by atoms with Gasteiger partial charge >= 0.3 is 0 Å². The average molecular weight is 386 g/mol. The molecule has 0 bridgehead atoms. The fourth-order valence-corrected chi connectivity index (χ4v) is 4.42. The fourth-order valence-electron chi connectivity index (χ4n) is 4.42. The van der Waals surface area contributed by atoms with Gasteiger partial charge < -0.3 is 29.0 Å². The summed E-state index contributed by atoms with van der Waals surface area (Å²) in [6.45, 7) is 1.22. The third-order valence-corrected chi connectivity index (χ3v) is 5.84. The topological polar surface area (TPSA) is 61.6 Å². The molecule has 0 fully saturated rings. The van der Waals surface area contributed by atoms with Gasteiger partial charge in [-0.3, -0.25) is 0 Å². The zero-order valence-corrected chi connectivity index (χ0v) is 16.7. The van der Waals surface area contributed by atoms with Gasteiger partial charge in [0.25, 0.3) is 0 Å². The molecule has 2 aliphatic heterocycles. The lowest BCUT2D eigenvalue weighted by molar-refractivity contribution is -0.915. The lowest BCUT2D eigenvalue weighted by Crippen LogP contribution is -3.10. The van der Waals surface area contributed by atoms with Gasteiger partial charge in [-0.25, -0.2) is 0 Å². The lowest BCUT2D eigenvalue weighted by Gasteiger charge is -2.34. The first kappa shape index (κ1) is 18.9. The van der Waals surface area contributed by atoms with E-state index in [-0.39, 0.29) is 12.8 Å². The Bertz CT molecular complexity index is 853. The number of nitrogens with one attached hydrogen (secondary N) is 1. The van der Waals surface area contributed by atoms with E-state index in [0.29, 0.717) is 18.6 Å². The smallest absolute Gasteiger partial charge is 0.231 e. The molecule has 6 heteroatoms. The maximum absolute atomic E-state index is 10.9. The molecule has 0 spiro atoms. The number of likely N-dealkylation sites (N-methyl/N-ethyl adjacent to an activating group) is 1. The van der Waals surface area contributed by atoms with Crippen LogP contribution in [0.4, 0.5) is 0 Å². The van der Waals surface area contributed by atoms with Crippen molar-refractivity contribution in [3.8, 4) is 23.0 Å². The highest BCUT2D eigenvalue weighted by Crippen LogP contribution is 2.48.